The van der Waals surface area contributed by atoms with Gasteiger partial charge >= 0.3 is 0 Å². The molecule has 25 heavy (non-hydrogen) atoms. The van der Waals surface area contributed by atoms with Crippen molar-refractivity contribution in [2.45, 2.75) is 25.2 Å². The monoisotopic (exact) mass is 388 g/mol. The summed E-state index contributed by atoms with van der Waals surface area (Å²) in [6.45, 7) is 4.46. The van der Waals surface area contributed by atoms with Crippen molar-refractivity contribution in [2.75, 3.05) is 36.4 Å². The van der Waals surface area contributed by atoms with Gasteiger partial charge in [-0.25, -0.2) is 21.1 Å². The molecule has 1 amide bonds. The number of benzene rings is 1. The van der Waals surface area contributed by atoms with Crippen LogP contribution in [0.15, 0.2) is 17.0 Å². The molecule has 2 saturated heterocycles. The number of carbonyl (C=O) groups is 1. The van der Waals surface area contributed by atoms with Gasteiger partial charge in [0.1, 0.15) is 0 Å². The summed E-state index contributed by atoms with van der Waals surface area (Å²) in [5.74, 6) is -0.722. The summed E-state index contributed by atoms with van der Waals surface area (Å²) >= 11 is 0. The maximum absolute atomic E-state index is 12.9. The van der Waals surface area contributed by atoms with Crippen LogP contribution in [0, 0.1) is 13.8 Å². The zero-order chi connectivity index (χ0) is 18.4. The third-order valence-electron chi connectivity index (χ3n) is 4.33. The number of anilines is 1. The van der Waals surface area contributed by atoms with Gasteiger partial charge < -0.3 is 4.74 Å². The fraction of sp³-hybridized carbons (Fsp3) is 0.533. The normalized spacial score (nSPS) is 21.7. The molecule has 0 unspecified atom stereocenters. The molecular formula is C15H20N2O6S2. The van der Waals surface area contributed by atoms with Crippen molar-refractivity contribution in [2.24, 2.45) is 0 Å². The van der Waals surface area contributed by atoms with Gasteiger partial charge in [-0.2, -0.15) is 4.31 Å². The van der Waals surface area contributed by atoms with Crippen molar-refractivity contribution in [3.8, 4) is 0 Å². The summed E-state index contributed by atoms with van der Waals surface area (Å²) < 4.78 is 57.4. The molecule has 10 heteroatoms. The van der Waals surface area contributed by atoms with Gasteiger partial charge in [0.05, 0.1) is 29.5 Å². The minimum Gasteiger partial charge on any atom is -0.379 e. The van der Waals surface area contributed by atoms with E-state index in [-0.39, 0.29) is 35.8 Å². The number of sulfonamides is 2. The number of aryl methyl sites for hydroxylation is 2. The highest BCUT2D eigenvalue weighted by Crippen LogP contribution is 2.32. The highest BCUT2D eigenvalue weighted by molar-refractivity contribution is 7.94. The SMILES string of the molecule is Cc1cc(N2C(=O)CCS2(=O)=O)cc(C)c1S(=O)(=O)N1CCOCC1. The highest BCUT2D eigenvalue weighted by Gasteiger charge is 2.37. The van der Waals surface area contributed by atoms with Gasteiger partial charge in [0.25, 0.3) is 0 Å². The molecule has 0 aliphatic carbocycles. The minimum absolute atomic E-state index is 0.0613. The van der Waals surface area contributed by atoms with E-state index in [4.69, 9.17) is 4.74 Å². The van der Waals surface area contributed by atoms with Crippen molar-refractivity contribution in [1.29, 1.82) is 0 Å². The number of morpholine rings is 1. The summed E-state index contributed by atoms with van der Waals surface area (Å²) in [6, 6.07) is 2.89. The molecule has 0 N–H and O–H groups in total. The van der Waals surface area contributed by atoms with E-state index in [1.54, 1.807) is 13.8 Å². The zero-order valence-corrected chi connectivity index (χ0v) is 15.7. The Bertz CT molecular complexity index is 894. The number of rotatable bonds is 3. The summed E-state index contributed by atoms with van der Waals surface area (Å²) in [6.07, 6.45) is -0.0613. The van der Waals surface area contributed by atoms with Gasteiger partial charge in [0.15, 0.2) is 0 Å². The second-order valence-corrected chi connectivity index (χ2v) is 9.96. The van der Waals surface area contributed by atoms with E-state index in [2.05, 4.69) is 0 Å². The van der Waals surface area contributed by atoms with Crippen LogP contribution < -0.4 is 4.31 Å². The largest absolute Gasteiger partial charge is 0.379 e. The van der Waals surface area contributed by atoms with Crippen molar-refractivity contribution in [3.05, 3.63) is 23.3 Å². The van der Waals surface area contributed by atoms with Crippen LogP contribution in [-0.4, -0.2) is 59.1 Å². The fourth-order valence-corrected chi connectivity index (χ4v) is 6.50. The van der Waals surface area contributed by atoms with Crippen molar-refractivity contribution < 1.29 is 26.4 Å². The van der Waals surface area contributed by atoms with Crippen LogP contribution in [0.5, 0.6) is 0 Å². The molecule has 2 heterocycles. The molecule has 0 atom stereocenters. The van der Waals surface area contributed by atoms with E-state index in [1.165, 1.54) is 16.4 Å². The molecule has 0 radical (unpaired) electrons. The maximum atomic E-state index is 12.9. The van der Waals surface area contributed by atoms with E-state index in [9.17, 15) is 21.6 Å². The first-order valence-corrected chi connectivity index (χ1v) is 10.9. The summed E-state index contributed by atoms with van der Waals surface area (Å²) in [5, 5.41) is 0. The Balaban J connectivity index is 2.06. The van der Waals surface area contributed by atoms with Gasteiger partial charge in [-0.15, -0.1) is 0 Å². The third-order valence-corrected chi connectivity index (χ3v) is 8.22. The van der Waals surface area contributed by atoms with Gasteiger partial charge in [0.2, 0.25) is 26.0 Å². The Morgan fingerprint density at radius 1 is 1.08 bits per heavy atom. The lowest BCUT2D eigenvalue weighted by atomic mass is 10.1. The third kappa shape index (κ3) is 3.19. The number of nitrogens with zero attached hydrogens (tertiary/aromatic N) is 2. The van der Waals surface area contributed by atoms with Gasteiger partial charge in [-0.05, 0) is 37.1 Å². The van der Waals surface area contributed by atoms with Crippen LogP contribution >= 0.6 is 0 Å². The quantitative estimate of drug-likeness (QED) is 0.742. The average Bonchev–Trinajstić information content (AvgIpc) is 2.80. The van der Waals surface area contributed by atoms with Gasteiger partial charge in [0, 0.05) is 19.5 Å². The second-order valence-electron chi connectivity index (χ2n) is 6.15. The van der Waals surface area contributed by atoms with E-state index in [0.717, 1.165) is 4.31 Å². The van der Waals surface area contributed by atoms with Crippen LogP contribution in [0.2, 0.25) is 0 Å². The first kappa shape index (κ1) is 18.3. The van der Waals surface area contributed by atoms with Crippen LogP contribution in [0.1, 0.15) is 17.5 Å². The molecule has 138 valence electrons. The second kappa shape index (κ2) is 6.35. The smallest absolute Gasteiger partial charge is 0.243 e. The lowest BCUT2D eigenvalue weighted by Gasteiger charge is -2.28. The molecule has 2 aliphatic heterocycles. The molecule has 2 aliphatic rings. The van der Waals surface area contributed by atoms with Crippen LogP contribution in [0.25, 0.3) is 0 Å². The molecule has 0 aromatic heterocycles. The number of hydrogen-bond acceptors (Lipinski definition) is 6. The predicted molar refractivity (Wildman–Crippen MR) is 91.4 cm³/mol. The maximum Gasteiger partial charge on any atom is 0.243 e. The Kier molecular flexibility index (Phi) is 4.65. The molecule has 1 aromatic carbocycles. The molecule has 0 saturated carbocycles. The summed E-state index contributed by atoms with van der Waals surface area (Å²) in [5.41, 5.74) is 1.02. The Morgan fingerprint density at radius 3 is 2.12 bits per heavy atom. The van der Waals surface area contributed by atoms with Crippen LogP contribution in [0.4, 0.5) is 5.69 Å². The minimum atomic E-state index is -3.71. The predicted octanol–water partition coefficient (Wildman–Crippen LogP) is 0.391. The Labute approximate surface area is 147 Å². The van der Waals surface area contributed by atoms with Crippen LogP contribution in [-0.2, 0) is 29.6 Å². The van der Waals surface area contributed by atoms with Gasteiger partial charge in [-0.1, -0.05) is 0 Å². The van der Waals surface area contributed by atoms with E-state index < -0.39 is 26.0 Å². The molecule has 0 spiro atoms. The first-order chi connectivity index (χ1) is 11.6. The molecular weight excluding hydrogens is 368 g/mol. The fourth-order valence-electron chi connectivity index (χ4n) is 3.24. The van der Waals surface area contributed by atoms with Gasteiger partial charge in [-0.3, -0.25) is 4.79 Å². The lowest BCUT2D eigenvalue weighted by Crippen LogP contribution is -2.41. The molecule has 2 fully saturated rings. The first-order valence-electron chi connectivity index (χ1n) is 7.89. The average molecular weight is 388 g/mol. The number of amides is 1. The van der Waals surface area contributed by atoms with Crippen molar-refractivity contribution in [1.82, 2.24) is 4.31 Å². The summed E-state index contributed by atoms with van der Waals surface area (Å²) in [4.78, 5) is 12.1. The van der Waals surface area contributed by atoms with Crippen LogP contribution in [0.3, 0.4) is 0 Å². The summed E-state index contributed by atoms with van der Waals surface area (Å²) in [7, 11) is -7.39. The Morgan fingerprint density at radius 2 is 1.64 bits per heavy atom. The topological polar surface area (TPSA) is 101 Å². The van der Waals surface area contributed by atoms with E-state index in [0.29, 0.717) is 24.3 Å². The number of ether oxygens (including phenoxy) is 1. The lowest BCUT2D eigenvalue weighted by molar-refractivity contribution is -0.116. The van der Waals surface area contributed by atoms with E-state index >= 15 is 0 Å². The highest BCUT2D eigenvalue weighted by atomic mass is 32.2. The molecule has 8 nitrogen and oxygen atoms in total. The van der Waals surface area contributed by atoms with Crippen molar-refractivity contribution >= 4 is 31.6 Å². The number of hydrogen-bond donors (Lipinski definition) is 0. The molecule has 0 bridgehead atoms. The van der Waals surface area contributed by atoms with E-state index in [1.807, 2.05) is 0 Å². The molecule has 1 aromatic rings. The molecule has 3 rings (SSSR count). The number of carbonyl (C=O) groups excluding carboxylic acids is 1. The standard InChI is InChI=1S/C15H20N2O6S2/c1-11-9-13(17-14(18)3-8-24(17,19)20)10-12(2)15(11)25(21,22)16-4-6-23-7-5-16/h9-10H,3-8H2,1-2H3. The Hall–Kier alpha value is -1.49. The zero-order valence-electron chi connectivity index (χ0n) is 14.1. The van der Waals surface area contributed by atoms with Crippen molar-refractivity contribution in [3.63, 3.8) is 0 Å².